The Balaban J connectivity index is 2.07. The molecule has 1 amide bonds. The molecule has 0 bridgehead atoms. The first kappa shape index (κ1) is 18.6. The molecule has 8 heteroatoms. The number of nitro groups is 1. The average Bonchev–Trinajstić information content (AvgIpc) is 2.55. The molecule has 1 aliphatic heterocycles. The Labute approximate surface area is 146 Å². The summed E-state index contributed by atoms with van der Waals surface area (Å²) in [6.07, 6.45) is 0. The van der Waals surface area contributed by atoms with Crippen LogP contribution in [0.3, 0.4) is 0 Å². The number of hydrogen-bond acceptors (Lipinski definition) is 5. The molecule has 1 heterocycles. The maximum atomic E-state index is 12.4. The van der Waals surface area contributed by atoms with Crippen molar-refractivity contribution in [2.75, 3.05) is 32.8 Å². The lowest BCUT2D eigenvalue weighted by atomic mass is 10.0. The highest BCUT2D eigenvalue weighted by Crippen LogP contribution is 2.23. The standard InChI is InChI=1S/C16H22ClN3O4/c1-11(2)15(19-5-7-24-8-6-19)10-18-16(21)13-4-3-12(17)9-14(13)20(22)23/h3-4,9,11,15H,5-8,10H2,1-2H3,(H,18,21). The van der Waals surface area contributed by atoms with Crippen LogP contribution in [0.2, 0.25) is 5.02 Å². The van der Waals surface area contributed by atoms with Crippen LogP contribution in [0.4, 0.5) is 5.69 Å². The molecule has 1 saturated heterocycles. The molecule has 1 atom stereocenters. The molecule has 2 rings (SSSR count). The second-order valence-electron chi connectivity index (χ2n) is 6.09. The number of carbonyl (C=O) groups is 1. The number of nitrogens with one attached hydrogen (secondary N) is 1. The van der Waals surface area contributed by atoms with Crippen molar-refractivity contribution < 1.29 is 14.5 Å². The van der Waals surface area contributed by atoms with Gasteiger partial charge in [0.2, 0.25) is 0 Å². The Kier molecular flexibility index (Phi) is 6.53. The van der Waals surface area contributed by atoms with E-state index in [1.165, 1.54) is 18.2 Å². The smallest absolute Gasteiger partial charge is 0.283 e. The molecule has 0 aliphatic carbocycles. The van der Waals surface area contributed by atoms with Crippen LogP contribution in [0.15, 0.2) is 18.2 Å². The molecule has 7 nitrogen and oxygen atoms in total. The van der Waals surface area contributed by atoms with Gasteiger partial charge in [0.15, 0.2) is 0 Å². The van der Waals surface area contributed by atoms with E-state index < -0.39 is 10.8 Å². The SMILES string of the molecule is CC(C)C(CNC(=O)c1ccc(Cl)cc1[N+](=O)[O-])N1CCOCC1. The van der Waals surface area contributed by atoms with Crippen molar-refractivity contribution in [3.8, 4) is 0 Å². The Morgan fingerprint density at radius 2 is 2.08 bits per heavy atom. The molecule has 1 unspecified atom stereocenters. The fraction of sp³-hybridized carbons (Fsp3) is 0.562. The van der Waals surface area contributed by atoms with Gasteiger partial charge < -0.3 is 10.1 Å². The third kappa shape index (κ3) is 4.66. The predicted octanol–water partition coefficient (Wildman–Crippen LogP) is 2.33. The van der Waals surface area contributed by atoms with Crippen LogP contribution in [-0.2, 0) is 4.74 Å². The molecule has 0 radical (unpaired) electrons. The number of morpholine rings is 1. The number of halogens is 1. The molecule has 24 heavy (non-hydrogen) atoms. The molecule has 0 spiro atoms. The first-order valence-corrected chi connectivity index (χ1v) is 8.32. The third-order valence-corrected chi connectivity index (χ3v) is 4.39. The average molecular weight is 356 g/mol. The van der Waals surface area contributed by atoms with Crippen molar-refractivity contribution in [2.45, 2.75) is 19.9 Å². The first-order valence-electron chi connectivity index (χ1n) is 7.94. The van der Waals surface area contributed by atoms with E-state index in [0.717, 1.165) is 13.1 Å². The summed E-state index contributed by atoms with van der Waals surface area (Å²) < 4.78 is 5.36. The highest BCUT2D eigenvalue weighted by Gasteiger charge is 2.26. The van der Waals surface area contributed by atoms with Crippen LogP contribution < -0.4 is 5.32 Å². The zero-order valence-electron chi connectivity index (χ0n) is 13.8. The van der Waals surface area contributed by atoms with Gasteiger partial charge in [-0.25, -0.2) is 0 Å². The van der Waals surface area contributed by atoms with Gasteiger partial charge in [-0.1, -0.05) is 25.4 Å². The van der Waals surface area contributed by atoms with Crippen LogP contribution >= 0.6 is 11.6 Å². The number of carbonyl (C=O) groups excluding carboxylic acids is 1. The van der Waals surface area contributed by atoms with E-state index in [1.807, 2.05) is 0 Å². The molecule has 0 saturated carbocycles. The van der Waals surface area contributed by atoms with Crippen LogP contribution in [0, 0.1) is 16.0 Å². The second kappa shape index (κ2) is 8.41. The molecular weight excluding hydrogens is 334 g/mol. The van der Waals surface area contributed by atoms with E-state index in [0.29, 0.717) is 25.7 Å². The lowest BCUT2D eigenvalue weighted by Crippen LogP contribution is -2.51. The lowest BCUT2D eigenvalue weighted by Gasteiger charge is -2.36. The highest BCUT2D eigenvalue weighted by atomic mass is 35.5. The minimum absolute atomic E-state index is 0.0221. The number of amides is 1. The number of nitro benzene ring substituents is 1. The van der Waals surface area contributed by atoms with Gasteiger partial charge in [-0.05, 0) is 18.1 Å². The Bertz CT molecular complexity index is 603. The summed E-state index contributed by atoms with van der Waals surface area (Å²) in [6.45, 7) is 7.61. The lowest BCUT2D eigenvalue weighted by molar-refractivity contribution is -0.385. The summed E-state index contributed by atoms with van der Waals surface area (Å²) in [4.78, 5) is 25.2. The summed E-state index contributed by atoms with van der Waals surface area (Å²) in [6, 6.07) is 4.21. The molecule has 0 aromatic heterocycles. The predicted molar refractivity (Wildman–Crippen MR) is 91.5 cm³/mol. The van der Waals surface area contributed by atoms with Gasteiger partial charge in [-0.2, -0.15) is 0 Å². The largest absolute Gasteiger partial charge is 0.379 e. The molecule has 1 fully saturated rings. The van der Waals surface area contributed by atoms with Crippen molar-refractivity contribution in [1.82, 2.24) is 10.2 Å². The fourth-order valence-electron chi connectivity index (χ4n) is 2.84. The summed E-state index contributed by atoms with van der Waals surface area (Å²) in [7, 11) is 0. The quantitative estimate of drug-likeness (QED) is 0.625. The van der Waals surface area contributed by atoms with E-state index in [1.54, 1.807) is 0 Å². The van der Waals surface area contributed by atoms with Gasteiger partial charge in [0.25, 0.3) is 11.6 Å². The monoisotopic (exact) mass is 355 g/mol. The van der Waals surface area contributed by atoms with Gasteiger partial charge in [0, 0.05) is 36.8 Å². The molecular formula is C16H22ClN3O4. The Hall–Kier alpha value is -1.70. The molecule has 1 aromatic rings. The zero-order chi connectivity index (χ0) is 17.7. The number of nitrogens with zero attached hydrogens (tertiary/aromatic N) is 2. The van der Waals surface area contributed by atoms with Crippen molar-refractivity contribution in [1.29, 1.82) is 0 Å². The van der Waals surface area contributed by atoms with Gasteiger partial charge >= 0.3 is 0 Å². The van der Waals surface area contributed by atoms with E-state index in [2.05, 4.69) is 24.1 Å². The zero-order valence-corrected chi connectivity index (χ0v) is 14.6. The Morgan fingerprint density at radius 1 is 1.42 bits per heavy atom. The number of hydrogen-bond donors (Lipinski definition) is 1. The topological polar surface area (TPSA) is 84.7 Å². The van der Waals surface area contributed by atoms with Gasteiger partial charge in [-0.3, -0.25) is 19.8 Å². The van der Waals surface area contributed by atoms with E-state index >= 15 is 0 Å². The summed E-state index contributed by atoms with van der Waals surface area (Å²) in [5.74, 6) is -0.124. The van der Waals surface area contributed by atoms with Gasteiger partial charge in [0.05, 0.1) is 18.1 Å². The summed E-state index contributed by atoms with van der Waals surface area (Å²) in [5, 5.41) is 14.2. The van der Waals surface area contributed by atoms with Gasteiger partial charge in [0.1, 0.15) is 5.56 Å². The third-order valence-electron chi connectivity index (χ3n) is 4.16. The van der Waals surface area contributed by atoms with Crippen molar-refractivity contribution in [3.63, 3.8) is 0 Å². The van der Waals surface area contributed by atoms with E-state index in [-0.39, 0.29) is 22.3 Å². The Morgan fingerprint density at radius 3 is 2.67 bits per heavy atom. The second-order valence-corrected chi connectivity index (χ2v) is 6.52. The first-order chi connectivity index (χ1) is 11.4. The maximum absolute atomic E-state index is 12.4. The van der Waals surface area contributed by atoms with Crippen LogP contribution in [0.5, 0.6) is 0 Å². The maximum Gasteiger partial charge on any atom is 0.283 e. The van der Waals surface area contributed by atoms with Gasteiger partial charge in [-0.15, -0.1) is 0 Å². The normalized spacial score (nSPS) is 16.8. The van der Waals surface area contributed by atoms with Crippen molar-refractivity contribution in [2.24, 2.45) is 5.92 Å². The minimum atomic E-state index is -0.595. The van der Waals surface area contributed by atoms with Crippen molar-refractivity contribution >= 4 is 23.2 Å². The highest BCUT2D eigenvalue weighted by molar-refractivity contribution is 6.31. The number of rotatable bonds is 6. The summed E-state index contributed by atoms with van der Waals surface area (Å²) >= 11 is 5.78. The van der Waals surface area contributed by atoms with E-state index in [9.17, 15) is 14.9 Å². The molecule has 1 N–H and O–H groups in total. The molecule has 1 aliphatic rings. The number of benzene rings is 1. The van der Waals surface area contributed by atoms with E-state index in [4.69, 9.17) is 16.3 Å². The summed E-state index contributed by atoms with van der Waals surface area (Å²) in [5.41, 5.74) is -0.263. The van der Waals surface area contributed by atoms with Crippen LogP contribution in [0.25, 0.3) is 0 Å². The van der Waals surface area contributed by atoms with Crippen LogP contribution in [-0.4, -0.2) is 54.6 Å². The minimum Gasteiger partial charge on any atom is -0.379 e. The number of ether oxygens (including phenoxy) is 1. The molecule has 1 aromatic carbocycles. The van der Waals surface area contributed by atoms with Crippen molar-refractivity contribution in [3.05, 3.63) is 38.9 Å². The fourth-order valence-corrected chi connectivity index (χ4v) is 3.00. The molecule has 132 valence electrons. The van der Waals surface area contributed by atoms with Crippen LogP contribution in [0.1, 0.15) is 24.2 Å².